The van der Waals surface area contributed by atoms with Gasteiger partial charge in [0, 0.05) is 23.8 Å². The van der Waals surface area contributed by atoms with E-state index in [1.165, 1.54) is 24.3 Å². The fraction of sp³-hybridized carbons (Fsp3) is 0.0714. The number of nitrogens with zero attached hydrogens (tertiary/aromatic N) is 7. The molecule has 0 unspecified atom stereocenters. The molecule has 0 aliphatic rings. The van der Waals surface area contributed by atoms with Crippen LogP contribution in [-0.4, -0.2) is 35.0 Å². The number of nitro benzene ring substituents is 3. The molecule has 1 heterocycles. The number of para-hydroxylation sites is 2. The summed E-state index contributed by atoms with van der Waals surface area (Å²) in [4.78, 5) is 30.9. The van der Waals surface area contributed by atoms with Gasteiger partial charge in [0.2, 0.25) is 0 Å². The lowest BCUT2D eigenvalue weighted by Gasteiger charge is -2.07. The average molecular weight is 387 g/mol. The Labute approximate surface area is 154 Å². The summed E-state index contributed by atoms with van der Waals surface area (Å²) < 4.78 is 6.36. The summed E-state index contributed by atoms with van der Waals surface area (Å²) in [6, 6.07) is 8.46. The van der Waals surface area contributed by atoms with Gasteiger partial charge in [-0.25, -0.2) is 0 Å². The fourth-order valence-corrected chi connectivity index (χ4v) is 2.32. The zero-order chi connectivity index (χ0) is 20.3. The molecule has 0 aliphatic heterocycles. The number of hydrogen-bond donors (Lipinski definition) is 0. The van der Waals surface area contributed by atoms with E-state index in [9.17, 15) is 30.3 Å². The molecule has 0 spiro atoms. The van der Waals surface area contributed by atoms with Crippen LogP contribution in [0.1, 0.15) is 5.56 Å². The Hall–Kier alpha value is -4.49. The molecule has 1 aromatic heterocycles. The van der Waals surface area contributed by atoms with Crippen LogP contribution in [0.5, 0.6) is 6.01 Å². The molecule has 2 aromatic carbocycles. The smallest absolute Gasteiger partial charge is 0.340 e. The maximum Gasteiger partial charge on any atom is 0.340 e. The van der Waals surface area contributed by atoms with Crippen molar-refractivity contribution in [3.63, 3.8) is 0 Å². The summed E-state index contributed by atoms with van der Waals surface area (Å²) in [6.07, 6.45) is 0. The van der Waals surface area contributed by atoms with Crippen molar-refractivity contribution in [1.82, 2.24) is 20.2 Å². The molecule has 0 amide bonds. The van der Waals surface area contributed by atoms with E-state index in [2.05, 4.69) is 15.5 Å². The van der Waals surface area contributed by atoms with Gasteiger partial charge in [-0.2, -0.15) is 4.68 Å². The first-order valence-corrected chi connectivity index (χ1v) is 7.44. The molecule has 0 bridgehead atoms. The van der Waals surface area contributed by atoms with E-state index in [4.69, 9.17) is 4.74 Å². The number of nitro groups is 3. The Bertz CT molecular complexity index is 1050. The summed E-state index contributed by atoms with van der Waals surface area (Å²) >= 11 is 0. The van der Waals surface area contributed by atoms with E-state index in [0.29, 0.717) is 0 Å². The van der Waals surface area contributed by atoms with Crippen LogP contribution in [0, 0.1) is 30.3 Å². The molecule has 0 N–H and O–H groups in total. The molecular weight excluding hydrogens is 378 g/mol. The van der Waals surface area contributed by atoms with E-state index in [0.717, 1.165) is 22.9 Å². The standard InChI is InChI=1S/C14H9N7O7/c22-19(23)10-5-9(6-11(7-10)20(24)25)8-28-14-15-16-17-18(14)12-3-1-2-4-13(12)21(26)27/h1-7H,8H2. The molecular formula is C14H9N7O7. The minimum Gasteiger partial charge on any atom is -0.457 e. The molecule has 0 saturated heterocycles. The maximum atomic E-state index is 11.2. The second-order valence-corrected chi connectivity index (χ2v) is 5.28. The van der Waals surface area contributed by atoms with Crippen LogP contribution in [-0.2, 0) is 6.61 Å². The molecule has 142 valence electrons. The highest BCUT2D eigenvalue weighted by Gasteiger charge is 2.21. The Kier molecular flexibility index (Phi) is 4.84. The van der Waals surface area contributed by atoms with E-state index in [1.54, 1.807) is 0 Å². The van der Waals surface area contributed by atoms with Crippen molar-refractivity contribution in [2.75, 3.05) is 0 Å². The molecule has 3 rings (SSSR count). The summed E-state index contributed by atoms with van der Waals surface area (Å²) in [5.74, 6) is 0. The summed E-state index contributed by atoms with van der Waals surface area (Å²) in [6.45, 7) is -0.344. The van der Waals surface area contributed by atoms with Crippen LogP contribution in [0.15, 0.2) is 42.5 Å². The van der Waals surface area contributed by atoms with Gasteiger partial charge in [-0.05, 0) is 16.5 Å². The summed E-state index contributed by atoms with van der Waals surface area (Å²) in [7, 11) is 0. The van der Waals surface area contributed by atoms with Gasteiger partial charge in [0.15, 0.2) is 0 Å². The first-order valence-electron chi connectivity index (χ1n) is 7.44. The van der Waals surface area contributed by atoms with Crippen LogP contribution in [0.25, 0.3) is 5.69 Å². The third-order valence-electron chi connectivity index (χ3n) is 3.50. The molecule has 14 heteroatoms. The SMILES string of the molecule is O=[N+]([O-])c1cc(COc2nnnn2-c2ccccc2[N+](=O)[O-])cc([N+](=O)[O-])c1. The lowest BCUT2D eigenvalue weighted by atomic mass is 10.2. The second kappa shape index (κ2) is 7.40. The predicted octanol–water partition coefficient (Wildman–Crippen LogP) is 1.97. The van der Waals surface area contributed by atoms with Gasteiger partial charge >= 0.3 is 6.01 Å². The number of aromatic nitrogens is 4. The van der Waals surface area contributed by atoms with Crippen LogP contribution in [0.3, 0.4) is 0 Å². The van der Waals surface area contributed by atoms with Crippen molar-refractivity contribution >= 4 is 17.1 Å². The molecule has 0 atom stereocenters. The van der Waals surface area contributed by atoms with Gasteiger partial charge in [0.1, 0.15) is 12.3 Å². The number of non-ortho nitro benzene ring substituents is 2. The van der Waals surface area contributed by atoms with Crippen molar-refractivity contribution in [1.29, 1.82) is 0 Å². The quantitative estimate of drug-likeness (QED) is 0.429. The van der Waals surface area contributed by atoms with Crippen LogP contribution >= 0.6 is 0 Å². The number of benzene rings is 2. The number of ether oxygens (including phenoxy) is 1. The average Bonchev–Trinajstić information content (AvgIpc) is 3.14. The number of hydrogen-bond acceptors (Lipinski definition) is 10. The van der Waals surface area contributed by atoms with Crippen molar-refractivity contribution < 1.29 is 19.5 Å². The second-order valence-electron chi connectivity index (χ2n) is 5.28. The zero-order valence-electron chi connectivity index (χ0n) is 13.7. The van der Waals surface area contributed by atoms with Crippen molar-refractivity contribution in [2.45, 2.75) is 6.61 Å². The van der Waals surface area contributed by atoms with Gasteiger partial charge < -0.3 is 4.74 Å². The highest BCUT2D eigenvalue weighted by molar-refractivity contribution is 5.52. The van der Waals surface area contributed by atoms with Gasteiger partial charge in [-0.15, -0.1) is 0 Å². The largest absolute Gasteiger partial charge is 0.457 e. The molecule has 3 aromatic rings. The normalized spacial score (nSPS) is 10.4. The molecule has 28 heavy (non-hydrogen) atoms. The zero-order valence-corrected chi connectivity index (χ0v) is 13.7. The van der Waals surface area contributed by atoms with Gasteiger partial charge in [-0.3, -0.25) is 30.3 Å². The summed E-state index contributed by atoms with van der Waals surface area (Å²) in [5.41, 5.74) is -1.07. The molecule has 0 radical (unpaired) electrons. The highest BCUT2D eigenvalue weighted by Crippen LogP contribution is 2.26. The molecule has 0 fully saturated rings. The minimum atomic E-state index is -0.770. The Morgan fingerprint density at radius 3 is 2.18 bits per heavy atom. The highest BCUT2D eigenvalue weighted by atomic mass is 16.6. The molecule has 0 saturated carbocycles. The number of rotatable bonds is 7. The van der Waals surface area contributed by atoms with Crippen LogP contribution in [0.4, 0.5) is 17.1 Å². The monoisotopic (exact) mass is 387 g/mol. The lowest BCUT2D eigenvalue weighted by Crippen LogP contribution is -2.07. The Balaban J connectivity index is 1.90. The van der Waals surface area contributed by atoms with Crippen molar-refractivity contribution in [2.24, 2.45) is 0 Å². The van der Waals surface area contributed by atoms with Crippen LogP contribution < -0.4 is 4.74 Å². The van der Waals surface area contributed by atoms with Gasteiger partial charge in [-0.1, -0.05) is 17.2 Å². The van der Waals surface area contributed by atoms with E-state index in [-0.39, 0.29) is 29.6 Å². The van der Waals surface area contributed by atoms with Gasteiger partial charge in [0.25, 0.3) is 17.1 Å². The number of tetrazole rings is 1. The molecule has 14 nitrogen and oxygen atoms in total. The Morgan fingerprint density at radius 1 is 0.929 bits per heavy atom. The lowest BCUT2D eigenvalue weighted by molar-refractivity contribution is -0.394. The fourth-order valence-electron chi connectivity index (χ4n) is 2.32. The van der Waals surface area contributed by atoms with E-state index in [1.807, 2.05) is 0 Å². The van der Waals surface area contributed by atoms with E-state index >= 15 is 0 Å². The molecule has 0 aliphatic carbocycles. The third-order valence-corrected chi connectivity index (χ3v) is 3.50. The van der Waals surface area contributed by atoms with Crippen molar-refractivity contribution in [3.8, 4) is 11.7 Å². The van der Waals surface area contributed by atoms with Crippen molar-refractivity contribution in [3.05, 3.63) is 78.4 Å². The topological polar surface area (TPSA) is 182 Å². The first-order chi connectivity index (χ1) is 13.4. The van der Waals surface area contributed by atoms with Crippen LogP contribution in [0.2, 0.25) is 0 Å². The van der Waals surface area contributed by atoms with E-state index < -0.39 is 26.1 Å². The minimum absolute atomic E-state index is 0.0394. The van der Waals surface area contributed by atoms with Gasteiger partial charge in [0.05, 0.1) is 20.8 Å². The predicted molar refractivity (Wildman–Crippen MR) is 89.9 cm³/mol. The first kappa shape index (κ1) is 18.3. The Morgan fingerprint density at radius 2 is 1.57 bits per heavy atom. The summed E-state index contributed by atoms with van der Waals surface area (Å²) in [5, 5.41) is 43.7. The maximum absolute atomic E-state index is 11.2. The third kappa shape index (κ3) is 3.69.